The number of phenols is 1. The molecule has 0 amide bonds. The third-order valence-corrected chi connectivity index (χ3v) is 6.11. The Balaban J connectivity index is 0.00000205. The van der Waals surface area contributed by atoms with Crippen molar-refractivity contribution in [1.29, 1.82) is 0 Å². The van der Waals surface area contributed by atoms with Crippen molar-refractivity contribution in [2.75, 3.05) is 11.9 Å². The Morgan fingerprint density at radius 1 is 1.03 bits per heavy atom. The van der Waals surface area contributed by atoms with Crippen molar-refractivity contribution in [3.05, 3.63) is 42.7 Å². The Morgan fingerprint density at radius 3 is 2.45 bits per heavy atom. The van der Waals surface area contributed by atoms with Gasteiger partial charge in [-0.15, -0.1) is 22.6 Å². The number of nitrogens with zero attached hydrogens (tertiary/aromatic N) is 4. The number of nitrogens with one attached hydrogen (secondary N) is 2. The van der Waals surface area contributed by atoms with E-state index in [-0.39, 0.29) is 18.2 Å². The van der Waals surface area contributed by atoms with Crippen LogP contribution in [0.25, 0.3) is 22.4 Å². The number of phenolic OH excluding ortho intramolecular Hbond substituents is 1. The molecule has 3 N–H and O–H groups in total. The van der Waals surface area contributed by atoms with E-state index in [9.17, 15) is 5.11 Å². The number of aromatic amines is 1. The summed E-state index contributed by atoms with van der Waals surface area (Å²) >= 11 is 0. The fourth-order valence-corrected chi connectivity index (χ4v) is 4.52. The number of aromatic nitrogens is 4. The van der Waals surface area contributed by atoms with Crippen LogP contribution in [-0.4, -0.2) is 50.7 Å². The second-order valence-electron chi connectivity index (χ2n) is 7.87. The Hall–Kier alpha value is -2.64. The number of H-pyrrole nitrogens is 1. The average molecular weight is 413 g/mol. The van der Waals surface area contributed by atoms with Crippen LogP contribution in [0.2, 0.25) is 0 Å². The van der Waals surface area contributed by atoms with Gasteiger partial charge in [0.25, 0.3) is 0 Å². The standard InChI is InChI=1S/C21H24N6O.ClH/c1-27(17-9-15-3-4-16(10-17)24-15)21-7-6-19(25-26-21)18-5-2-13(8-20(18)28)14-11-22-23-12-14;/h2,5-8,11-12,15-17,24,28H,3-4,9-10H2,1H3,(H,22,23);1H. The summed E-state index contributed by atoms with van der Waals surface area (Å²) in [6, 6.07) is 11.3. The zero-order valence-corrected chi connectivity index (χ0v) is 17.1. The molecule has 29 heavy (non-hydrogen) atoms. The number of rotatable bonds is 4. The molecule has 0 spiro atoms. The molecule has 2 atom stereocenters. The third-order valence-electron chi connectivity index (χ3n) is 6.11. The van der Waals surface area contributed by atoms with Crippen molar-refractivity contribution >= 4 is 18.2 Å². The van der Waals surface area contributed by atoms with Crippen LogP contribution in [0.1, 0.15) is 25.7 Å². The van der Waals surface area contributed by atoms with Gasteiger partial charge in [0.15, 0.2) is 5.82 Å². The molecule has 2 fully saturated rings. The second-order valence-corrected chi connectivity index (χ2v) is 7.87. The zero-order chi connectivity index (χ0) is 19.1. The first-order valence-electron chi connectivity index (χ1n) is 9.82. The average Bonchev–Trinajstić information content (AvgIpc) is 3.37. The summed E-state index contributed by atoms with van der Waals surface area (Å²) in [7, 11) is 2.11. The summed E-state index contributed by atoms with van der Waals surface area (Å²) in [5.41, 5.74) is 3.17. The lowest BCUT2D eigenvalue weighted by molar-refractivity contribution is 0.353. The number of anilines is 1. The topological polar surface area (TPSA) is 90.0 Å². The maximum absolute atomic E-state index is 10.5. The van der Waals surface area contributed by atoms with Crippen LogP contribution in [0.4, 0.5) is 5.82 Å². The van der Waals surface area contributed by atoms with E-state index in [2.05, 4.69) is 37.7 Å². The van der Waals surface area contributed by atoms with Crippen molar-refractivity contribution in [3.63, 3.8) is 0 Å². The van der Waals surface area contributed by atoms with E-state index in [1.807, 2.05) is 24.3 Å². The van der Waals surface area contributed by atoms with Gasteiger partial charge >= 0.3 is 0 Å². The first-order valence-corrected chi connectivity index (χ1v) is 9.82. The highest BCUT2D eigenvalue weighted by atomic mass is 35.5. The number of aromatic hydroxyl groups is 1. The van der Waals surface area contributed by atoms with Gasteiger partial charge in [-0.3, -0.25) is 5.10 Å². The van der Waals surface area contributed by atoms with E-state index < -0.39 is 0 Å². The molecule has 3 aromatic rings. The SMILES string of the molecule is CN(c1ccc(-c2ccc(-c3cn[nH]c3)cc2O)nn1)C1CC2CCC(C1)N2.Cl. The highest BCUT2D eigenvalue weighted by Gasteiger charge is 2.35. The summed E-state index contributed by atoms with van der Waals surface area (Å²) < 4.78 is 0. The summed E-state index contributed by atoms with van der Waals surface area (Å²) in [4.78, 5) is 2.25. The highest BCUT2D eigenvalue weighted by Crippen LogP contribution is 2.33. The van der Waals surface area contributed by atoms with E-state index in [0.29, 0.717) is 29.4 Å². The number of fused-ring (bicyclic) bond motifs is 2. The van der Waals surface area contributed by atoms with Gasteiger partial charge in [-0.25, -0.2) is 0 Å². The van der Waals surface area contributed by atoms with Gasteiger partial charge in [-0.05, 0) is 55.5 Å². The zero-order valence-electron chi connectivity index (χ0n) is 16.2. The third kappa shape index (κ3) is 3.80. The summed E-state index contributed by atoms with van der Waals surface area (Å²) in [6.07, 6.45) is 8.42. The Labute approximate surface area is 176 Å². The summed E-state index contributed by atoms with van der Waals surface area (Å²) in [5.74, 6) is 1.06. The van der Waals surface area contributed by atoms with Crippen LogP contribution in [0.3, 0.4) is 0 Å². The van der Waals surface area contributed by atoms with Gasteiger partial charge in [0.05, 0.1) is 11.9 Å². The van der Waals surface area contributed by atoms with Crippen molar-refractivity contribution in [3.8, 4) is 28.1 Å². The maximum atomic E-state index is 10.5. The maximum Gasteiger partial charge on any atom is 0.151 e. The van der Waals surface area contributed by atoms with Crippen LogP contribution in [-0.2, 0) is 0 Å². The van der Waals surface area contributed by atoms with Crippen molar-refractivity contribution in [2.45, 2.75) is 43.8 Å². The number of hydrogen-bond donors (Lipinski definition) is 3. The molecule has 7 nitrogen and oxygen atoms in total. The monoisotopic (exact) mass is 412 g/mol. The van der Waals surface area contributed by atoms with E-state index >= 15 is 0 Å². The van der Waals surface area contributed by atoms with Crippen LogP contribution in [0, 0.1) is 0 Å². The van der Waals surface area contributed by atoms with Crippen LogP contribution in [0.15, 0.2) is 42.7 Å². The highest BCUT2D eigenvalue weighted by molar-refractivity contribution is 5.85. The fourth-order valence-electron chi connectivity index (χ4n) is 4.52. The molecule has 5 rings (SSSR count). The lowest BCUT2D eigenvalue weighted by atomic mass is 9.98. The molecule has 2 aliphatic rings. The molecule has 1 aromatic carbocycles. The molecule has 152 valence electrons. The molecule has 2 aromatic heterocycles. The Morgan fingerprint density at radius 2 is 1.83 bits per heavy atom. The fraction of sp³-hybridized carbons (Fsp3) is 0.381. The first-order chi connectivity index (χ1) is 13.7. The van der Waals surface area contributed by atoms with E-state index in [1.54, 1.807) is 18.5 Å². The number of benzene rings is 1. The van der Waals surface area contributed by atoms with E-state index in [4.69, 9.17) is 0 Å². The normalized spacial score (nSPS) is 22.9. The number of piperidine rings is 1. The number of halogens is 1. The first kappa shape index (κ1) is 19.7. The molecule has 0 aliphatic carbocycles. The lowest BCUT2D eigenvalue weighted by Gasteiger charge is -2.36. The minimum Gasteiger partial charge on any atom is -0.507 e. The van der Waals surface area contributed by atoms with Gasteiger partial charge in [-0.2, -0.15) is 5.10 Å². The molecule has 8 heteroatoms. The molecule has 0 radical (unpaired) electrons. The predicted molar refractivity (Wildman–Crippen MR) is 115 cm³/mol. The molecule has 4 heterocycles. The lowest BCUT2D eigenvalue weighted by Crippen LogP contribution is -2.47. The molecule has 2 bridgehead atoms. The van der Waals surface area contributed by atoms with Crippen LogP contribution in [0.5, 0.6) is 5.75 Å². The Kier molecular flexibility index (Phi) is 5.43. The van der Waals surface area contributed by atoms with Gasteiger partial charge in [0.2, 0.25) is 0 Å². The van der Waals surface area contributed by atoms with Crippen molar-refractivity contribution in [2.24, 2.45) is 0 Å². The van der Waals surface area contributed by atoms with Crippen LogP contribution >= 0.6 is 12.4 Å². The van der Waals surface area contributed by atoms with Gasteiger partial charge in [-0.1, -0.05) is 6.07 Å². The van der Waals surface area contributed by atoms with Gasteiger partial charge < -0.3 is 15.3 Å². The molecule has 2 unspecified atom stereocenters. The molecule has 2 aliphatic heterocycles. The van der Waals surface area contributed by atoms with E-state index in [0.717, 1.165) is 29.8 Å². The largest absolute Gasteiger partial charge is 0.507 e. The van der Waals surface area contributed by atoms with Crippen molar-refractivity contribution < 1.29 is 5.11 Å². The minimum absolute atomic E-state index is 0. The van der Waals surface area contributed by atoms with E-state index in [1.165, 1.54) is 12.8 Å². The van der Waals surface area contributed by atoms with Crippen LogP contribution < -0.4 is 10.2 Å². The minimum atomic E-state index is 0. The molecule has 0 saturated carbocycles. The smallest absolute Gasteiger partial charge is 0.151 e. The molecule has 2 saturated heterocycles. The molecular weight excluding hydrogens is 388 g/mol. The second kappa shape index (κ2) is 8.00. The van der Waals surface area contributed by atoms with Gasteiger partial charge in [0, 0.05) is 42.5 Å². The van der Waals surface area contributed by atoms with Gasteiger partial charge in [0.1, 0.15) is 5.75 Å². The molecular formula is C21H25ClN6O. The predicted octanol–water partition coefficient (Wildman–Crippen LogP) is 3.38. The summed E-state index contributed by atoms with van der Waals surface area (Å²) in [5, 5.41) is 29.7. The number of hydrogen-bond acceptors (Lipinski definition) is 6. The quantitative estimate of drug-likeness (QED) is 0.608. The summed E-state index contributed by atoms with van der Waals surface area (Å²) in [6.45, 7) is 0. The van der Waals surface area contributed by atoms with Crippen molar-refractivity contribution in [1.82, 2.24) is 25.7 Å². The Bertz CT molecular complexity index is 950.